The lowest BCUT2D eigenvalue weighted by Gasteiger charge is -2.34. The molecule has 38 heavy (non-hydrogen) atoms. The van der Waals surface area contributed by atoms with Crippen LogP contribution < -0.4 is 15.5 Å². The summed E-state index contributed by atoms with van der Waals surface area (Å²) in [5, 5.41) is 6.25. The highest BCUT2D eigenvalue weighted by Gasteiger charge is 2.41. The number of rotatable bonds is 10. The monoisotopic (exact) mass is 532 g/mol. The third-order valence-electron chi connectivity index (χ3n) is 7.19. The van der Waals surface area contributed by atoms with Crippen molar-refractivity contribution in [2.45, 2.75) is 38.9 Å². The Morgan fingerprint density at radius 1 is 1.03 bits per heavy atom. The smallest absolute Gasteiger partial charge is 0.380 e. The van der Waals surface area contributed by atoms with Gasteiger partial charge < -0.3 is 25.2 Å². The maximum Gasteiger partial charge on any atom is 0.391 e. The van der Waals surface area contributed by atoms with Crippen LogP contribution in [0.5, 0.6) is 0 Å². The van der Waals surface area contributed by atoms with Gasteiger partial charge in [0.25, 0.3) is 0 Å². The molecule has 0 aliphatic carbocycles. The van der Waals surface area contributed by atoms with Crippen molar-refractivity contribution >= 4 is 28.9 Å². The average molecular weight is 533 g/mol. The lowest BCUT2D eigenvalue weighted by Crippen LogP contribution is -2.38. The van der Waals surface area contributed by atoms with E-state index in [1.807, 2.05) is 60.4 Å². The topological polar surface area (TPSA) is 73.9 Å². The fraction of sp³-hybridized carbons (Fsp3) is 0.500. The van der Waals surface area contributed by atoms with Crippen molar-refractivity contribution in [3.8, 4) is 0 Å². The van der Waals surface area contributed by atoms with Crippen LogP contribution in [0.25, 0.3) is 0 Å². The maximum atomic E-state index is 12.9. The van der Waals surface area contributed by atoms with E-state index >= 15 is 0 Å². The van der Waals surface area contributed by atoms with Crippen LogP contribution in [-0.4, -0.2) is 62.3 Å². The Bertz CT molecular complexity index is 1070. The fourth-order valence-electron chi connectivity index (χ4n) is 4.91. The zero-order chi connectivity index (χ0) is 27.1. The van der Waals surface area contributed by atoms with Gasteiger partial charge in [-0.3, -0.25) is 9.59 Å². The predicted octanol–water partition coefficient (Wildman–Crippen LogP) is 4.71. The number of halogens is 3. The fourth-order valence-corrected chi connectivity index (χ4v) is 4.91. The van der Waals surface area contributed by atoms with E-state index < -0.39 is 12.1 Å². The number of hydrogen-bond acceptors (Lipinski definition) is 5. The zero-order valence-electron chi connectivity index (χ0n) is 21.6. The van der Waals surface area contributed by atoms with Crippen molar-refractivity contribution in [3.63, 3.8) is 0 Å². The standard InChI is InChI=1S/C28H35F3N4O3/c1-2-38-16-15-35-19-21(17-26(35)36)27(37)32-18-20-3-5-23(6-4-20)33-24-7-9-25(10-8-24)34-13-11-22(12-14-34)28(29,30)31/h3-10,21-22,33H,2,11-19H2,1H3,(H,32,37). The van der Waals surface area contributed by atoms with E-state index in [1.54, 1.807) is 4.90 Å². The van der Waals surface area contributed by atoms with E-state index in [0.717, 1.165) is 22.6 Å². The van der Waals surface area contributed by atoms with Gasteiger partial charge in [0, 0.05) is 62.8 Å². The minimum atomic E-state index is -4.11. The lowest BCUT2D eigenvalue weighted by molar-refractivity contribution is -0.179. The molecular weight excluding hydrogens is 497 g/mol. The normalized spacial score (nSPS) is 18.6. The molecule has 7 nitrogen and oxygen atoms in total. The van der Waals surface area contributed by atoms with Crippen LogP contribution in [0.3, 0.4) is 0 Å². The number of ether oxygens (including phenoxy) is 1. The summed E-state index contributed by atoms with van der Waals surface area (Å²) in [6, 6.07) is 15.4. The summed E-state index contributed by atoms with van der Waals surface area (Å²) in [6.45, 7) is 5.09. The molecule has 2 aromatic carbocycles. The minimum Gasteiger partial charge on any atom is -0.380 e. The van der Waals surface area contributed by atoms with E-state index in [4.69, 9.17) is 4.74 Å². The molecule has 2 amide bonds. The molecule has 2 fully saturated rings. The number of piperidine rings is 1. The number of amides is 2. The Labute approximate surface area is 221 Å². The van der Waals surface area contributed by atoms with E-state index in [0.29, 0.717) is 45.9 Å². The number of anilines is 3. The highest BCUT2D eigenvalue weighted by Crippen LogP contribution is 2.35. The van der Waals surface area contributed by atoms with Gasteiger partial charge in [-0.05, 0) is 61.7 Å². The van der Waals surface area contributed by atoms with E-state index in [1.165, 1.54) is 0 Å². The highest BCUT2D eigenvalue weighted by molar-refractivity contribution is 5.89. The van der Waals surface area contributed by atoms with Crippen LogP contribution in [-0.2, 0) is 20.9 Å². The zero-order valence-corrected chi connectivity index (χ0v) is 21.6. The molecule has 206 valence electrons. The van der Waals surface area contributed by atoms with Crippen molar-refractivity contribution in [1.29, 1.82) is 0 Å². The molecule has 0 spiro atoms. The van der Waals surface area contributed by atoms with Crippen molar-refractivity contribution in [2.24, 2.45) is 11.8 Å². The summed E-state index contributed by atoms with van der Waals surface area (Å²) in [5.41, 5.74) is 3.62. The molecule has 0 aromatic heterocycles. The van der Waals surface area contributed by atoms with E-state index in [2.05, 4.69) is 10.6 Å². The second kappa shape index (κ2) is 12.5. The quantitative estimate of drug-likeness (QED) is 0.434. The van der Waals surface area contributed by atoms with Crippen LogP contribution >= 0.6 is 0 Å². The molecule has 2 N–H and O–H groups in total. The predicted molar refractivity (Wildman–Crippen MR) is 140 cm³/mol. The molecule has 0 bridgehead atoms. The largest absolute Gasteiger partial charge is 0.391 e. The molecule has 2 aliphatic heterocycles. The van der Waals surface area contributed by atoms with Gasteiger partial charge in [-0.2, -0.15) is 13.2 Å². The summed E-state index contributed by atoms with van der Waals surface area (Å²) in [6.07, 6.45) is -3.63. The van der Waals surface area contributed by atoms with Crippen LogP contribution in [0.15, 0.2) is 48.5 Å². The third kappa shape index (κ3) is 7.40. The number of alkyl halides is 3. The number of likely N-dealkylation sites (tertiary alicyclic amines) is 1. The van der Waals surface area contributed by atoms with Crippen LogP contribution in [0, 0.1) is 11.8 Å². The molecule has 1 atom stereocenters. The number of benzene rings is 2. The van der Waals surface area contributed by atoms with Gasteiger partial charge in [-0.1, -0.05) is 12.1 Å². The molecule has 10 heteroatoms. The summed E-state index contributed by atoms with van der Waals surface area (Å²) < 4.78 is 44.0. The number of carbonyl (C=O) groups is 2. The number of carbonyl (C=O) groups excluding carboxylic acids is 2. The Balaban J connectivity index is 1.21. The molecule has 2 saturated heterocycles. The van der Waals surface area contributed by atoms with Crippen LogP contribution in [0.2, 0.25) is 0 Å². The van der Waals surface area contributed by atoms with Gasteiger partial charge in [0.15, 0.2) is 0 Å². The first kappa shape index (κ1) is 27.8. The van der Waals surface area contributed by atoms with Gasteiger partial charge in [-0.15, -0.1) is 0 Å². The first-order chi connectivity index (χ1) is 18.2. The third-order valence-corrected chi connectivity index (χ3v) is 7.19. The maximum absolute atomic E-state index is 12.9. The number of nitrogens with zero attached hydrogens (tertiary/aromatic N) is 2. The van der Waals surface area contributed by atoms with Gasteiger partial charge in [-0.25, -0.2) is 0 Å². The molecule has 1 unspecified atom stereocenters. The van der Waals surface area contributed by atoms with Gasteiger partial charge in [0.2, 0.25) is 11.8 Å². The van der Waals surface area contributed by atoms with Crippen molar-refractivity contribution in [2.75, 3.05) is 49.6 Å². The second-order valence-electron chi connectivity index (χ2n) is 9.83. The van der Waals surface area contributed by atoms with E-state index in [9.17, 15) is 22.8 Å². The number of nitrogens with one attached hydrogen (secondary N) is 2. The Kier molecular flexibility index (Phi) is 9.14. The van der Waals surface area contributed by atoms with Crippen LogP contribution in [0.1, 0.15) is 31.7 Å². The Morgan fingerprint density at radius 3 is 2.26 bits per heavy atom. The van der Waals surface area contributed by atoms with Crippen molar-refractivity contribution < 1.29 is 27.5 Å². The summed E-state index contributed by atoms with van der Waals surface area (Å²) in [5.74, 6) is -1.69. The summed E-state index contributed by atoms with van der Waals surface area (Å²) >= 11 is 0. The van der Waals surface area contributed by atoms with E-state index in [-0.39, 0.29) is 37.0 Å². The molecular formula is C28H35F3N4O3. The summed E-state index contributed by atoms with van der Waals surface area (Å²) in [7, 11) is 0. The van der Waals surface area contributed by atoms with Crippen molar-refractivity contribution in [3.05, 3.63) is 54.1 Å². The molecule has 2 aromatic rings. The van der Waals surface area contributed by atoms with Gasteiger partial charge >= 0.3 is 6.18 Å². The van der Waals surface area contributed by atoms with Gasteiger partial charge in [0.05, 0.1) is 18.4 Å². The first-order valence-corrected chi connectivity index (χ1v) is 13.1. The first-order valence-electron chi connectivity index (χ1n) is 13.1. The number of hydrogen-bond donors (Lipinski definition) is 2. The molecule has 2 aliphatic rings. The van der Waals surface area contributed by atoms with Crippen LogP contribution in [0.4, 0.5) is 30.2 Å². The second-order valence-corrected chi connectivity index (χ2v) is 9.83. The molecule has 4 rings (SSSR count). The van der Waals surface area contributed by atoms with Gasteiger partial charge in [0.1, 0.15) is 0 Å². The molecule has 0 radical (unpaired) electrons. The highest BCUT2D eigenvalue weighted by atomic mass is 19.4. The molecule has 0 saturated carbocycles. The summed E-state index contributed by atoms with van der Waals surface area (Å²) in [4.78, 5) is 28.4. The average Bonchev–Trinajstić information content (AvgIpc) is 3.28. The SMILES string of the molecule is CCOCCN1CC(C(=O)NCc2ccc(Nc3ccc(N4CCC(C(F)(F)F)CC4)cc3)cc2)CC1=O. The lowest BCUT2D eigenvalue weighted by atomic mass is 9.96. The minimum absolute atomic E-state index is 0.0145. The Morgan fingerprint density at radius 2 is 1.66 bits per heavy atom. The molecule has 2 heterocycles. The van der Waals surface area contributed by atoms with Crippen molar-refractivity contribution in [1.82, 2.24) is 10.2 Å². The Hall–Kier alpha value is -3.27.